The van der Waals surface area contributed by atoms with Crippen molar-refractivity contribution >= 4 is 75.6 Å². The van der Waals surface area contributed by atoms with Gasteiger partial charge in [-0.15, -0.1) is 0 Å². The maximum absolute atomic E-state index is 6.29. The molecule has 2 aromatic heterocycles. The van der Waals surface area contributed by atoms with E-state index in [-0.39, 0.29) is 0 Å². The molecule has 12 aromatic carbocycles. The zero-order valence-electron chi connectivity index (χ0n) is 36.1. The molecule has 0 aliphatic heterocycles. The predicted molar refractivity (Wildman–Crippen MR) is 278 cm³/mol. The maximum atomic E-state index is 6.29. The number of fused-ring (bicyclic) bond motifs is 3. The summed E-state index contributed by atoms with van der Waals surface area (Å²) in [5, 5.41) is 16.3. The normalized spacial score (nSPS) is 11.9. The molecule has 67 heavy (non-hydrogen) atoms. The number of hydrogen-bond donors (Lipinski definition) is 0. The van der Waals surface area contributed by atoms with Crippen LogP contribution in [-0.4, -0.2) is 15.0 Å². The van der Waals surface area contributed by atoms with E-state index in [9.17, 15) is 0 Å². The summed E-state index contributed by atoms with van der Waals surface area (Å²) < 4.78 is 6.29. The standard InChI is InChI=1S/C63H37N3O/c1-2-13-41(14-3-1)61-64-62(47-22-9-21-44(34-47)56-37-45-15-4-7-28-55(45)67-56)66-63(65-61)53-24-6-5-23-49(53)43-20-8-19-42(33-43)48-35-46-32-31-40-17-11-26-51-50-25-10-16-38-29-30-39-18-12-27-52(59(39)57(38)50)54(36-48)60(46)58(40)51/h1-37H. The highest BCUT2D eigenvalue weighted by molar-refractivity contribution is 6.37. The minimum absolute atomic E-state index is 0.589. The van der Waals surface area contributed by atoms with E-state index >= 15 is 0 Å². The largest absolute Gasteiger partial charge is 0.456 e. The van der Waals surface area contributed by atoms with Crippen molar-refractivity contribution in [1.29, 1.82) is 0 Å². The molecule has 310 valence electrons. The van der Waals surface area contributed by atoms with Crippen LogP contribution in [0.5, 0.6) is 0 Å². The number of para-hydroxylation sites is 1. The second-order valence-electron chi connectivity index (χ2n) is 17.5. The van der Waals surface area contributed by atoms with Crippen LogP contribution in [0.1, 0.15) is 0 Å². The van der Waals surface area contributed by atoms with Gasteiger partial charge in [0.05, 0.1) is 0 Å². The van der Waals surface area contributed by atoms with Gasteiger partial charge in [-0.25, -0.2) is 15.0 Å². The molecule has 0 N–H and O–H groups in total. The molecular weight excluding hydrogens is 815 g/mol. The number of rotatable bonds is 6. The van der Waals surface area contributed by atoms with Crippen LogP contribution in [0.25, 0.3) is 143 Å². The van der Waals surface area contributed by atoms with Gasteiger partial charge in [0.1, 0.15) is 11.3 Å². The van der Waals surface area contributed by atoms with E-state index in [0.29, 0.717) is 17.5 Å². The zero-order valence-corrected chi connectivity index (χ0v) is 36.1. The van der Waals surface area contributed by atoms with Gasteiger partial charge in [-0.1, -0.05) is 188 Å². The summed E-state index contributed by atoms with van der Waals surface area (Å²) in [5.41, 5.74) is 8.94. The fraction of sp³-hybridized carbons (Fsp3) is 0. The van der Waals surface area contributed by atoms with E-state index in [0.717, 1.165) is 61.2 Å². The minimum Gasteiger partial charge on any atom is -0.456 e. The highest BCUT2D eigenvalue weighted by atomic mass is 16.3. The molecule has 0 fully saturated rings. The highest BCUT2D eigenvalue weighted by Gasteiger charge is 2.19. The Labute approximate surface area is 385 Å². The van der Waals surface area contributed by atoms with Gasteiger partial charge in [0, 0.05) is 27.6 Å². The maximum Gasteiger partial charge on any atom is 0.164 e. The van der Waals surface area contributed by atoms with Crippen LogP contribution >= 0.6 is 0 Å². The summed E-state index contributed by atoms with van der Waals surface area (Å²) in [6, 6.07) is 80.2. The molecule has 0 saturated heterocycles. The molecule has 4 heteroatoms. The Balaban J connectivity index is 0.946. The molecule has 0 aliphatic carbocycles. The van der Waals surface area contributed by atoms with Crippen molar-refractivity contribution in [3.05, 3.63) is 224 Å². The van der Waals surface area contributed by atoms with Crippen molar-refractivity contribution in [3.63, 3.8) is 0 Å². The van der Waals surface area contributed by atoms with Crippen LogP contribution in [-0.2, 0) is 0 Å². The molecule has 4 nitrogen and oxygen atoms in total. The monoisotopic (exact) mass is 851 g/mol. The van der Waals surface area contributed by atoms with Gasteiger partial charge in [-0.05, 0) is 123 Å². The molecule has 0 aliphatic rings. The van der Waals surface area contributed by atoms with Crippen molar-refractivity contribution in [2.24, 2.45) is 0 Å². The molecule has 0 bridgehead atoms. The third-order valence-corrected chi connectivity index (χ3v) is 13.6. The molecule has 0 unspecified atom stereocenters. The lowest BCUT2D eigenvalue weighted by molar-refractivity contribution is 0.631. The third kappa shape index (κ3) is 6.04. The Hall–Kier alpha value is -8.99. The van der Waals surface area contributed by atoms with Crippen LogP contribution < -0.4 is 0 Å². The zero-order chi connectivity index (χ0) is 44.0. The first-order chi connectivity index (χ1) is 33.2. The van der Waals surface area contributed by atoms with Crippen molar-refractivity contribution in [3.8, 4) is 67.7 Å². The molecule has 0 saturated carbocycles. The van der Waals surface area contributed by atoms with E-state index in [1.807, 2.05) is 54.6 Å². The first-order valence-corrected chi connectivity index (χ1v) is 22.7. The summed E-state index contributed by atoms with van der Waals surface area (Å²) in [5.74, 6) is 2.60. The Bertz CT molecular complexity index is 4240. The van der Waals surface area contributed by atoms with Crippen LogP contribution in [0.15, 0.2) is 229 Å². The van der Waals surface area contributed by atoms with Crippen LogP contribution in [0.4, 0.5) is 0 Å². The lowest BCUT2D eigenvalue weighted by Gasteiger charge is -2.17. The Morgan fingerprint density at radius 3 is 1.46 bits per heavy atom. The first-order valence-electron chi connectivity index (χ1n) is 22.7. The quantitative estimate of drug-likeness (QED) is 0.156. The van der Waals surface area contributed by atoms with Gasteiger partial charge in [-0.3, -0.25) is 0 Å². The molecule has 2 heterocycles. The molecule has 14 aromatic rings. The first kappa shape index (κ1) is 37.4. The van der Waals surface area contributed by atoms with Gasteiger partial charge in [-0.2, -0.15) is 0 Å². The second kappa shape index (κ2) is 14.8. The lowest BCUT2D eigenvalue weighted by Crippen LogP contribution is -2.01. The second-order valence-corrected chi connectivity index (χ2v) is 17.5. The fourth-order valence-electron chi connectivity index (χ4n) is 10.5. The van der Waals surface area contributed by atoms with Crippen molar-refractivity contribution in [1.82, 2.24) is 15.0 Å². The number of aromatic nitrogens is 3. The highest BCUT2D eigenvalue weighted by Crippen LogP contribution is 2.45. The Morgan fingerprint density at radius 2 is 0.746 bits per heavy atom. The van der Waals surface area contributed by atoms with Crippen LogP contribution in [0.2, 0.25) is 0 Å². The molecule has 0 amide bonds. The smallest absolute Gasteiger partial charge is 0.164 e. The summed E-state index contributed by atoms with van der Waals surface area (Å²) >= 11 is 0. The van der Waals surface area contributed by atoms with E-state index in [1.165, 1.54) is 64.6 Å². The van der Waals surface area contributed by atoms with Crippen molar-refractivity contribution in [2.45, 2.75) is 0 Å². The topological polar surface area (TPSA) is 51.8 Å². The van der Waals surface area contributed by atoms with E-state index in [4.69, 9.17) is 19.4 Å². The van der Waals surface area contributed by atoms with Gasteiger partial charge in [0.25, 0.3) is 0 Å². The van der Waals surface area contributed by atoms with Gasteiger partial charge < -0.3 is 4.42 Å². The summed E-state index contributed by atoms with van der Waals surface area (Å²) in [7, 11) is 0. The van der Waals surface area contributed by atoms with Gasteiger partial charge in [0.15, 0.2) is 17.5 Å². The predicted octanol–water partition coefficient (Wildman–Crippen LogP) is 17.0. The summed E-state index contributed by atoms with van der Waals surface area (Å²) in [6.07, 6.45) is 0. The van der Waals surface area contributed by atoms with E-state index < -0.39 is 0 Å². The third-order valence-electron chi connectivity index (χ3n) is 13.6. The average molecular weight is 852 g/mol. The van der Waals surface area contributed by atoms with Crippen molar-refractivity contribution in [2.75, 3.05) is 0 Å². The van der Waals surface area contributed by atoms with Crippen LogP contribution in [0, 0.1) is 0 Å². The number of nitrogens with zero attached hydrogens (tertiary/aromatic N) is 3. The molecule has 0 radical (unpaired) electrons. The number of hydrogen-bond acceptors (Lipinski definition) is 4. The van der Waals surface area contributed by atoms with Crippen molar-refractivity contribution < 1.29 is 4.42 Å². The Morgan fingerprint density at radius 1 is 0.254 bits per heavy atom. The Kier molecular flexibility index (Phi) is 8.25. The minimum atomic E-state index is 0.589. The lowest BCUT2D eigenvalue weighted by atomic mass is 9.86. The number of benzene rings is 11. The van der Waals surface area contributed by atoms with Gasteiger partial charge >= 0.3 is 0 Å². The van der Waals surface area contributed by atoms with Gasteiger partial charge in [0.2, 0.25) is 0 Å². The molecule has 0 spiro atoms. The van der Waals surface area contributed by atoms with E-state index in [1.54, 1.807) is 0 Å². The average Bonchev–Trinajstić information content (AvgIpc) is 3.84. The fourth-order valence-corrected chi connectivity index (χ4v) is 10.5. The molecule has 14 rings (SSSR count). The molecular formula is C63H37N3O. The SMILES string of the molecule is c1ccc(-c2nc(-c3cccc(-c4cc5ccccc5o4)c3)nc(-c3ccccc3-c3cccc(-c4cc5ccc6cccc7c8cccc9ccc%10cccc(c(c4)c5c67)c%10c98)c3)n2)cc1. The molecule has 0 atom stereocenters. The number of furan rings is 1. The summed E-state index contributed by atoms with van der Waals surface area (Å²) in [6.45, 7) is 0. The van der Waals surface area contributed by atoms with Crippen LogP contribution in [0.3, 0.4) is 0 Å². The van der Waals surface area contributed by atoms with E-state index in [2.05, 4.69) is 170 Å². The summed E-state index contributed by atoms with van der Waals surface area (Å²) in [4.78, 5) is 15.5.